The van der Waals surface area contributed by atoms with Crippen LogP contribution in [0.1, 0.15) is 16.8 Å². The minimum absolute atomic E-state index is 0. The van der Waals surface area contributed by atoms with Crippen molar-refractivity contribution in [3.63, 3.8) is 0 Å². The molecular weight excluding hydrogens is 237 g/mol. The summed E-state index contributed by atoms with van der Waals surface area (Å²) in [4.78, 5) is 4.13. The van der Waals surface area contributed by atoms with Crippen LogP contribution in [-0.2, 0) is 17.9 Å². The number of pyridine rings is 1. The predicted octanol–water partition coefficient (Wildman–Crippen LogP) is 1.42. The molecule has 0 saturated heterocycles. The van der Waals surface area contributed by atoms with Gasteiger partial charge in [-0.25, -0.2) is 0 Å². The van der Waals surface area contributed by atoms with Gasteiger partial charge in [-0.05, 0) is 12.5 Å². The van der Waals surface area contributed by atoms with E-state index in [-0.39, 0.29) is 24.8 Å². The third-order valence-electron chi connectivity index (χ3n) is 2.03. The van der Waals surface area contributed by atoms with E-state index >= 15 is 0 Å². The molecule has 1 heterocycles. The molecular formula is C9H17Cl2N3O. The van der Waals surface area contributed by atoms with Crippen molar-refractivity contribution < 1.29 is 4.74 Å². The number of anilines is 1. The highest BCUT2D eigenvalue weighted by molar-refractivity contribution is 5.85. The van der Waals surface area contributed by atoms with Crippen molar-refractivity contribution in [2.75, 3.05) is 12.8 Å². The zero-order valence-electron chi connectivity index (χ0n) is 8.82. The summed E-state index contributed by atoms with van der Waals surface area (Å²) in [6.45, 7) is 2.80. The van der Waals surface area contributed by atoms with Crippen LogP contribution in [0.5, 0.6) is 0 Å². The van der Waals surface area contributed by atoms with E-state index in [4.69, 9.17) is 16.2 Å². The van der Waals surface area contributed by atoms with Crippen molar-refractivity contribution in [3.05, 3.63) is 23.0 Å². The quantitative estimate of drug-likeness (QED) is 0.855. The van der Waals surface area contributed by atoms with Crippen molar-refractivity contribution in [2.24, 2.45) is 5.73 Å². The predicted molar refractivity (Wildman–Crippen MR) is 66.5 cm³/mol. The van der Waals surface area contributed by atoms with Gasteiger partial charge in [0.1, 0.15) is 0 Å². The van der Waals surface area contributed by atoms with Crippen molar-refractivity contribution in [1.29, 1.82) is 0 Å². The van der Waals surface area contributed by atoms with Gasteiger partial charge in [-0.3, -0.25) is 4.98 Å². The minimum atomic E-state index is 0. The first-order valence-corrected chi connectivity index (χ1v) is 4.12. The smallest absolute Gasteiger partial charge is 0.0737 e. The lowest BCUT2D eigenvalue weighted by atomic mass is 10.1. The maximum atomic E-state index is 5.85. The lowest BCUT2D eigenvalue weighted by molar-refractivity contribution is 0.184. The van der Waals surface area contributed by atoms with Crippen LogP contribution in [0.25, 0.3) is 0 Å². The van der Waals surface area contributed by atoms with E-state index < -0.39 is 0 Å². The number of nitrogens with zero attached hydrogens (tertiary/aromatic N) is 1. The molecule has 0 amide bonds. The Labute approximate surface area is 102 Å². The Kier molecular flexibility index (Phi) is 8.66. The van der Waals surface area contributed by atoms with E-state index in [2.05, 4.69) is 4.98 Å². The van der Waals surface area contributed by atoms with E-state index in [1.807, 2.05) is 6.92 Å². The molecule has 4 nitrogen and oxygen atoms in total. The summed E-state index contributed by atoms with van der Waals surface area (Å²) < 4.78 is 5.04. The van der Waals surface area contributed by atoms with Gasteiger partial charge in [0, 0.05) is 25.4 Å². The number of nitrogen functional groups attached to an aromatic ring is 1. The number of hydrogen-bond donors (Lipinski definition) is 2. The van der Waals surface area contributed by atoms with Gasteiger partial charge in [0.05, 0.1) is 18.0 Å². The van der Waals surface area contributed by atoms with Gasteiger partial charge in [-0.1, -0.05) is 0 Å². The first kappa shape index (κ1) is 16.9. The molecule has 15 heavy (non-hydrogen) atoms. The summed E-state index contributed by atoms with van der Waals surface area (Å²) in [6.07, 6.45) is 1.75. The molecule has 1 aromatic heterocycles. The third kappa shape index (κ3) is 3.83. The van der Waals surface area contributed by atoms with Crippen LogP contribution in [0.3, 0.4) is 0 Å². The number of aromatic nitrogens is 1. The van der Waals surface area contributed by atoms with Crippen LogP contribution in [0, 0.1) is 6.92 Å². The summed E-state index contributed by atoms with van der Waals surface area (Å²) >= 11 is 0. The van der Waals surface area contributed by atoms with Crippen LogP contribution in [-0.4, -0.2) is 12.1 Å². The minimum Gasteiger partial charge on any atom is -0.397 e. The molecule has 0 unspecified atom stereocenters. The number of methoxy groups -OCH3 is 1. The number of halogens is 2. The Morgan fingerprint density at radius 2 is 2.00 bits per heavy atom. The Bertz CT molecular complexity index is 308. The van der Waals surface area contributed by atoms with E-state index in [0.717, 1.165) is 16.8 Å². The molecule has 1 rings (SSSR count). The topological polar surface area (TPSA) is 74.2 Å². The molecule has 0 aliphatic heterocycles. The lowest BCUT2D eigenvalue weighted by Gasteiger charge is -2.11. The van der Waals surface area contributed by atoms with Gasteiger partial charge in [0.2, 0.25) is 0 Å². The molecule has 0 aliphatic rings. The highest BCUT2D eigenvalue weighted by Gasteiger charge is 2.07. The van der Waals surface area contributed by atoms with Gasteiger partial charge in [-0.2, -0.15) is 0 Å². The second-order valence-electron chi connectivity index (χ2n) is 2.90. The fourth-order valence-electron chi connectivity index (χ4n) is 1.20. The van der Waals surface area contributed by atoms with Crippen molar-refractivity contribution in [2.45, 2.75) is 20.1 Å². The summed E-state index contributed by atoms with van der Waals surface area (Å²) in [5.74, 6) is 0. The summed E-state index contributed by atoms with van der Waals surface area (Å²) in [7, 11) is 1.63. The van der Waals surface area contributed by atoms with E-state index in [1.54, 1.807) is 13.3 Å². The summed E-state index contributed by atoms with van der Waals surface area (Å²) in [5, 5.41) is 0. The average molecular weight is 254 g/mol. The molecule has 0 radical (unpaired) electrons. The average Bonchev–Trinajstić information content (AvgIpc) is 2.14. The summed E-state index contributed by atoms with van der Waals surface area (Å²) in [6, 6.07) is 0. The molecule has 6 heteroatoms. The Balaban J connectivity index is 0. The monoisotopic (exact) mass is 253 g/mol. The fourth-order valence-corrected chi connectivity index (χ4v) is 1.20. The van der Waals surface area contributed by atoms with E-state index in [9.17, 15) is 0 Å². The van der Waals surface area contributed by atoms with Crippen LogP contribution < -0.4 is 11.5 Å². The molecule has 0 saturated carbocycles. The number of nitrogens with two attached hydrogens (primary N) is 2. The highest BCUT2D eigenvalue weighted by Crippen LogP contribution is 2.19. The molecule has 0 atom stereocenters. The molecule has 1 aromatic rings. The van der Waals surface area contributed by atoms with Crippen LogP contribution >= 0.6 is 24.8 Å². The largest absolute Gasteiger partial charge is 0.397 e. The van der Waals surface area contributed by atoms with E-state index in [1.165, 1.54) is 0 Å². The maximum absolute atomic E-state index is 5.85. The molecule has 0 aliphatic carbocycles. The van der Waals surface area contributed by atoms with Gasteiger partial charge in [-0.15, -0.1) is 24.8 Å². The zero-order chi connectivity index (χ0) is 9.84. The Morgan fingerprint density at radius 3 is 2.47 bits per heavy atom. The van der Waals surface area contributed by atoms with Crippen molar-refractivity contribution in [3.8, 4) is 0 Å². The SMILES string of the molecule is COCc1c(CN)cnc(C)c1N.Cl.Cl. The molecule has 0 aromatic carbocycles. The maximum Gasteiger partial charge on any atom is 0.0737 e. The normalized spacial score (nSPS) is 9.00. The molecule has 4 N–H and O–H groups in total. The summed E-state index contributed by atoms with van der Waals surface area (Å²) in [5.41, 5.74) is 14.8. The number of rotatable bonds is 3. The fraction of sp³-hybridized carbons (Fsp3) is 0.444. The second kappa shape index (κ2) is 7.70. The van der Waals surface area contributed by atoms with Gasteiger partial charge < -0.3 is 16.2 Å². The standard InChI is InChI=1S/C9H15N3O.2ClH/c1-6-9(11)8(5-13-2)7(3-10)4-12-6;;/h4H,3,5,10-11H2,1-2H3;2*1H. The number of hydrogen-bond acceptors (Lipinski definition) is 4. The van der Waals surface area contributed by atoms with Crippen LogP contribution in [0.15, 0.2) is 6.20 Å². The first-order chi connectivity index (χ1) is 6.20. The number of ether oxygens (including phenoxy) is 1. The van der Waals surface area contributed by atoms with Gasteiger partial charge >= 0.3 is 0 Å². The molecule has 0 bridgehead atoms. The lowest BCUT2D eigenvalue weighted by Crippen LogP contribution is -2.08. The molecule has 88 valence electrons. The van der Waals surface area contributed by atoms with E-state index in [0.29, 0.717) is 18.8 Å². The third-order valence-corrected chi connectivity index (χ3v) is 2.03. The van der Waals surface area contributed by atoms with Crippen molar-refractivity contribution in [1.82, 2.24) is 4.98 Å². The highest BCUT2D eigenvalue weighted by atomic mass is 35.5. The van der Waals surface area contributed by atoms with Gasteiger partial charge in [0.25, 0.3) is 0 Å². The second-order valence-corrected chi connectivity index (χ2v) is 2.90. The molecule has 0 fully saturated rings. The number of aryl methyl sites for hydroxylation is 1. The zero-order valence-corrected chi connectivity index (χ0v) is 10.5. The first-order valence-electron chi connectivity index (χ1n) is 4.12. The van der Waals surface area contributed by atoms with Crippen LogP contribution in [0.2, 0.25) is 0 Å². The Hall–Kier alpha value is -0.550. The van der Waals surface area contributed by atoms with Gasteiger partial charge in [0.15, 0.2) is 0 Å². The molecule has 0 spiro atoms. The van der Waals surface area contributed by atoms with Crippen molar-refractivity contribution >= 4 is 30.5 Å². The van der Waals surface area contributed by atoms with Crippen LogP contribution in [0.4, 0.5) is 5.69 Å². The Morgan fingerprint density at radius 1 is 1.40 bits per heavy atom.